The number of benzene rings is 2. The number of amides is 1. The topological polar surface area (TPSA) is 70.6 Å². The first-order valence-electron chi connectivity index (χ1n) is 8.35. The molecule has 3 aromatic rings. The highest BCUT2D eigenvalue weighted by Crippen LogP contribution is 2.37. The van der Waals surface area contributed by atoms with Crippen LogP contribution in [0.5, 0.6) is 5.75 Å². The fourth-order valence-corrected chi connectivity index (χ4v) is 3.75. The molecule has 2 aromatic carbocycles. The van der Waals surface area contributed by atoms with Crippen molar-refractivity contribution in [2.45, 2.75) is 6.18 Å². The van der Waals surface area contributed by atoms with Crippen LogP contribution in [0.1, 0.15) is 20.8 Å². The SMILES string of the molecule is O=C(NCCOc1ccc(C(=S)NO)cc1)c1cc2c(C(F)(F)F)cccc2s1. The molecule has 29 heavy (non-hydrogen) atoms. The first kappa shape index (κ1) is 21.0. The molecule has 0 saturated carbocycles. The summed E-state index contributed by atoms with van der Waals surface area (Å²) < 4.78 is 45.2. The van der Waals surface area contributed by atoms with Gasteiger partial charge in [-0.3, -0.25) is 15.5 Å². The molecule has 10 heteroatoms. The number of carbonyl (C=O) groups excluding carboxylic acids is 1. The van der Waals surface area contributed by atoms with E-state index in [4.69, 9.17) is 22.2 Å². The third kappa shape index (κ3) is 5.03. The molecule has 0 aliphatic rings. The number of rotatable bonds is 6. The molecule has 0 unspecified atom stereocenters. The van der Waals surface area contributed by atoms with Gasteiger partial charge in [0.15, 0.2) is 0 Å². The average molecular weight is 440 g/mol. The van der Waals surface area contributed by atoms with Crippen molar-refractivity contribution in [1.29, 1.82) is 0 Å². The number of ether oxygens (including phenoxy) is 1. The van der Waals surface area contributed by atoms with Gasteiger partial charge in [-0.05, 0) is 42.5 Å². The van der Waals surface area contributed by atoms with E-state index in [1.807, 2.05) is 5.48 Å². The molecule has 3 N–H and O–H groups in total. The summed E-state index contributed by atoms with van der Waals surface area (Å²) >= 11 is 5.89. The molecule has 0 spiro atoms. The predicted molar refractivity (Wildman–Crippen MR) is 108 cm³/mol. The molecule has 152 valence electrons. The summed E-state index contributed by atoms with van der Waals surface area (Å²) in [6.45, 7) is 0.351. The molecular formula is C19H15F3N2O3S2. The zero-order valence-corrected chi connectivity index (χ0v) is 16.4. The Hall–Kier alpha value is -2.69. The molecule has 5 nitrogen and oxygen atoms in total. The fraction of sp³-hybridized carbons (Fsp3) is 0.158. The maximum absolute atomic E-state index is 13.1. The van der Waals surface area contributed by atoms with Crippen LogP contribution >= 0.6 is 23.6 Å². The summed E-state index contributed by atoms with van der Waals surface area (Å²) in [5.74, 6) is 0.0815. The van der Waals surface area contributed by atoms with Crippen LogP contribution in [-0.2, 0) is 6.18 Å². The average Bonchev–Trinajstić information content (AvgIpc) is 3.14. The minimum absolute atomic E-state index is 0.0155. The third-order valence-corrected chi connectivity index (χ3v) is 5.39. The molecule has 0 atom stereocenters. The van der Waals surface area contributed by atoms with E-state index in [1.54, 1.807) is 30.3 Å². The lowest BCUT2D eigenvalue weighted by Crippen LogP contribution is -2.27. The lowest BCUT2D eigenvalue weighted by Gasteiger charge is -2.08. The highest BCUT2D eigenvalue weighted by atomic mass is 32.1. The van der Waals surface area contributed by atoms with Crippen molar-refractivity contribution in [2.75, 3.05) is 13.2 Å². The smallest absolute Gasteiger partial charge is 0.417 e. The number of hydroxylamine groups is 1. The summed E-state index contributed by atoms with van der Waals surface area (Å²) in [7, 11) is 0. The molecular weight excluding hydrogens is 425 g/mol. The largest absolute Gasteiger partial charge is 0.492 e. The normalized spacial score (nSPS) is 11.3. The fourth-order valence-electron chi connectivity index (χ4n) is 2.61. The van der Waals surface area contributed by atoms with Crippen LogP contribution in [0.3, 0.4) is 0 Å². The minimum Gasteiger partial charge on any atom is -0.492 e. The second-order valence-corrected chi connectivity index (χ2v) is 7.39. The number of alkyl halides is 3. The summed E-state index contributed by atoms with van der Waals surface area (Å²) in [6, 6.07) is 11.8. The lowest BCUT2D eigenvalue weighted by atomic mass is 10.1. The molecule has 0 aliphatic carbocycles. The van der Waals surface area contributed by atoms with E-state index in [0.29, 0.717) is 16.0 Å². The van der Waals surface area contributed by atoms with Crippen LogP contribution < -0.4 is 15.5 Å². The monoisotopic (exact) mass is 440 g/mol. The molecule has 1 amide bonds. The second kappa shape index (κ2) is 8.76. The molecule has 1 heterocycles. The maximum atomic E-state index is 13.1. The summed E-state index contributed by atoms with van der Waals surface area (Å²) in [5, 5.41) is 11.4. The standard InChI is InChI=1S/C19H15F3N2O3S2/c20-19(21,22)14-2-1-3-15-13(14)10-16(29-15)17(25)23-8-9-27-12-6-4-11(5-7-12)18(28)24-26/h1-7,10,26H,8-9H2,(H,23,25)(H,24,28). The van der Waals surface area contributed by atoms with Crippen LogP contribution in [-0.4, -0.2) is 29.3 Å². The molecule has 3 rings (SSSR count). The second-order valence-electron chi connectivity index (χ2n) is 5.90. The Labute approximate surface area is 173 Å². The Morgan fingerprint density at radius 3 is 2.55 bits per heavy atom. The van der Waals surface area contributed by atoms with Gasteiger partial charge in [0.2, 0.25) is 0 Å². The maximum Gasteiger partial charge on any atom is 0.417 e. The molecule has 0 saturated heterocycles. The Morgan fingerprint density at radius 2 is 1.90 bits per heavy atom. The quantitative estimate of drug-likeness (QED) is 0.301. The van der Waals surface area contributed by atoms with E-state index in [-0.39, 0.29) is 28.4 Å². The van der Waals surface area contributed by atoms with Crippen LogP contribution in [0.15, 0.2) is 48.5 Å². The van der Waals surface area contributed by atoms with Gasteiger partial charge in [-0.2, -0.15) is 13.2 Å². The Kier molecular flexibility index (Phi) is 6.36. The van der Waals surface area contributed by atoms with Crippen LogP contribution in [0.4, 0.5) is 13.2 Å². The lowest BCUT2D eigenvalue weighted by molar-refractivity contribution is -0.136. The van der Waals surface area contributed by atoms with Gasteiger partial charge in [0.1, 0.15) is 17.3 Å². The number of hydrogen-bond donors (Lipinski definition) is 3. The Bertz CT molecular complexity index is 1030. The molecule has 1 aromatic heterocycles. The van der Waals surface area contributed by atoms with E-state index in [0.717, 1.165) is 17.4 Å². The van der Waals surface area contributed by atoms with Crippen molar-refractivity contribution >= 4 is 44.5 Å². The highest BCUT2D eigenvalue weighted by Gasteiger charge is 2.33. The first-order chi connectivity index (χ1) is 13.8. The van der Waals surface area contributed by atoms with Crippen LogP contribution in [0, 0.1) is 0 Å². The summed E-state index contributed by atoms with van der Waals surface area (Å²) in [4.78, 5) is 12.6. The number of carbonyl (C=O) groups is 1. The number of hydrogen-bond acceptors (Lipinski definition) is 5. The van der Waals surface area contributed by atoms with Gasteiger partial charge >= 0.3 is 6.18 Å². The van der Waals surface area contributed by atoms with E-state index in [9.17, 15) is 18.0 Å². The number of fused-ring (bicyclic) bond motifs is 1. The van der Waals surface area contributed by atoms with E-state index in [1.165, 1.54) is 12.1 Å². The summed E-state index contributed by atoms with van der Waals surface area (Å²) in [5.41, 5.74) is 1.74. The minimum atomic E-state index is -4.48. The van der Waals surface area contributed by atoms with Crippen molar-refractivity contribution in [3.63, 3.8) is 0 Å². The van der Waals surface area contributed by atoms with Gasteiger partial charge < -0.3 is 10.1 Å². The van der Waals surface area contributed by atoms with Gasteiger partial charge in [0, 0.05) is 15.6 Å². The number of thiophene rings is 1. The van der Waals surface area contributed by atoms with Crippen molar-refractivity contribution in [3.8, 4) is 5.75 Å². The van der Waals surface area contributed by atoms with Crippen molar-refractivity contribution in [3.05, 3.63) is 64.5 Å². The molecule has 0 aliphatic heterocycles. The van der Waals surface area contributed by atoms with Crippen molar-refractivity contribution in [1.82, 2.24) is 10.8 Å². The van der Waals surface area contributed by atoms with Gasteiger partial charge in [0.25, 0.3) is 5.91 Å². The Balaban J connectivity index is 1.57. The van der Waals surface area contributed by atoms with E-state index >= 15 is 0 Å². The van der Waals surface area contributed by atoms with E-state index < -0.39 is 17.6 Å². The van der Waals surface area contributed by atoms with Gasteiger partial charge in [-0.1, -0.05) is 18.3 Å². The number of nitrogens with one attached hydrogen (secondary N) is 2. The number of halogens is 3. The summed E-state index contributed by atoms with van der Waals surface area (Å²) in [6.07, 6.45) is -4.48. The molecule has 0 fully saturated rings. The van der Waals surface area contributed by atoms with Gasteiger partial charge in [0.05, 0.1) is 17.0 Å². The molecule has 0 radical (unpaired) electrons. The molecule has 0 bridgehead atoms. The van der Waals surface area contributed by atoms with Crippen molar-refractivity contribution in [2.24, 2.45) is 0 Å². The zero-order chi connectivity index (χ0) is 21.0. The third-order valence-electron chi connectivity index (χ3n) is 3.97. The van der Waals surface area contributed by atoms with E-state index in [2.05, 4.69) is 5.32 Å². The van der Waals surface area contributed by atoms with Crippen molar-refractivity contribution < 1.29 is 27.9 Å². The Morgan fingerprint density at radius 1 is 1.17 bits per heavy atom. The van der Waals surface area contributed by atoms with Gasteiger partial charge in [-0.15, -0.1) is 11.3 Å². The first-order valence-corrected chi connectivity index (χ1v) is 9.57. The van der Waals surface area contributed by atoms with Gasteiger partial charge in [-0.25, -0.2) is 0 Å². The highest BCUT2D eigenvalue weighted by molar-refractivity contribution is 7.80. The predicted octanol–water partition coefficient (Wildman–Crippen LogP) is 4.38. The zero-order valence-electron chi connectivity index (χ0n) is 14.7. The van der Waals surface area contributed by atoms with Crippen LogP contribution in [0.25, 0.3) is 10.1 Å². The van der Waals surface area contributed by atoms with Crippen LogP contribution in [0.2, 0.25) is 0 Å². The number of thiocarbonyl (C=S) groups is 1.